The van der Waals surface area contributed by atoms with Gasteiger partial charge in [-0.15, -0.1) is 11.3 Å². The Morgan fingerprint density at radius 1 is 1.35 bits per heavy atom. The fraction of sp³-hybridized carbons (Fsp3) is 0.375. The first-order valence-electron chi connectivity index (χ1n) is 6.86. The number of carbonyl (C=O) groups is 1. The first-order valence-corrected chi connectivity index (χ1v) is 7.67. The summed E-state index contributed by atoms with van der Waals surface area (Å²) in [5, 5.41) is 0. The van der Waals surface area contributed by atoms with E-state index in [1.54, 1.807) is 12.4 Å². The highest BCUT2D eigenvalue weighted by molar-refractivity contribution is 7.14. The van der Waals surface area contributed by atoms with Crippen LogP contribution in [-0.4, -0.2) is 17.6 Å². The van der Waals surface area contributed by atoms with Crippen LogP contribution in [0.1, 0.15) is 39.0 Å². The number of pyridine rings is 1. The average Bonchev–Trinajstić information content (AvgIpc) is 2.86. The minimum absolute atomic E-state index is 0.201. The molecular weight excluding hydrogens is 270 g/mol. The number of hydrogen-bond donors (Lipinski definition) is 0. The summed E-state index contributed by atoms with van der Waals surface area (Å²) in [4.78, 5) is 17.9. The molecule has 2 heterocycles. The lowest BCUT2D eigenvalue weighted by Gasteiger charge is -2.03. The van der Waals surface area contributed by atoms with Crippen molar-refractivity contribution in [3.05, 3.63) is 51.5 Å². The van der Waals surface area contributed by atoms with Crippen LogP contribution in [0, 0.1) is 6.92 Å². The Bertz CT molecular complexity index is 563. The maximum atomic E-state index is 11.9. The average molecular weight is 289 g/mol. The van der Waals surface area contributed by atoms with E-state index in [0.717, 1.165) is 19.3 Å². The normalized spacial score (nSPS) is 10.5. The van der Waals surface area contributed by atoms with Gasteiger partial charge in [-0.2, -0.15) is 0 Å². The smallest absolute Gasteiger partial charge is 0.348 e. The number of esters is 1. The molecule has 2 rings (SSSR count). The van der Waals surface area contributed by atoms with Crippen molar-refractivity contribution in [1.82, 2.24) is 4.98 Å². The Hall–Kier alpha value is -1.68. The van der Waals surface area contributed by atoms with Crippen molar-refractivity contribution in [2.75, 3.05) is 6.61 Å². The third kappa shape index (κ3) is 3.90. The molecule has 0 aliphatic rings. The van der Waals surface area contributed by atoms with E-state index in [2.05, 4.69) is 11.9 Å². The molecular formula is C16H19NO2S. The molecule has 106 valence electrons. The molecule has 0 fully saturated rings. The molecule has 2 aromatic heterocycles. The maximum absolute atomic E-state index is 11.9. The van der Waals surface area contributed by atoms with Crippen molar-refractivity contribution in [2.24, 2.45) is 0 Å². The Balaban J connectivity index is 1.77. The quantitative estimate of drug-likeness (QED) is 0.599. The molecule has 0 aliphatic heterocycles. The van der Waals surface area contributed by atoms with Gasteiger partial charge >= 0.3 is 5.97 Å². The van der Waals surface area contributed by atoms with Crippen molar-refractivity contribution >= 4 is 17.3 Å². The number of hydrogen-bond acceptors (Lipinski definition) is 4. The molecule has 0 aliphatic carbocycles. The van der Waals surface area contributed by atoms with Gasteiger partial charge in [0.1, 0.15) is 4.88 Å². The Labute approximate surface area is 123 Å². The number of aromatic nitrogens is 1. The summed E-state index contributed by atoms with van der Waals surface area (Å²) in [6.07, 6.45) is 6.26. The summed E-state index contributed by atoms with van der Waals surface area (Å²) in [6, 6.07) is 5.89. The van der Waals surface area contributed by atoms with Crippen LogP contribution < -0.4 is 0 Å². The molecule has 0 bridgehead atoms. The minimum atomic E-state index is -0.201. The lowest BCUT2D eigenvalue weighted by atomic mass is 10.1. The van der Waals surface area contributed by atoms with Crippen LogP contribution in [0.2, 0.25) is 0 Å². The van der Waals surface area contributed by atoms with Gasteiger partial charge in [-0.1, -0.05) is 6.92 Å². The summed E-state index contributed by atoms with van der Waals surface area (Å²) in [6.45, 7) is 4.60. The molecule has 0 amide bonds. The first kappa shape index (κ1) is 14.7. The molecule has 0 unspecified atom stereocenters. The van der Waals surface area contributed by atoms with E-state index in [9.17, 15) is 4.79 Å². The lowest BCUT2D eigenvalue weighted by Crippen LogP contribution is -2.05. The standard InChI is InChI=1S/C16H19NO2S/c1-3-14-12(2)11-15(20-14)16(18)19-10-4-5-13-6-8-17-9-7-13/h6-9,11H,3-5,10H2,1-2H3. The summed E-state index contributed by atoms with van der Waals surface area (Å²) >= 11 is 1.54. The van der Waals surface area contributed by atoms with Crippen LogP contribution in [0.15, 0.2) is 30.6 Å². The number of nitrogens with zero attached hydrogens (tertiary/aromatic N) is 1. The molecule has 4 heteroatoms. The molecule has 0 saturated carbocycles. The molecule has 20 heavy (non-hydrogen) atoms. The summed E-state index contributed by atoms with van der Waals surface area (Å²) in [7, 11) is 0. The highest BCUT2D eigenvalue weighted by Crippen LogP contribution is 2.23. The molecule has 0 saturated heterocycles. The Morgan fingerprint density at radius 3 is 2.75 bits per heavy atom. The van der Waals surface area contributed by atoms with Crippen molar-refractivity contribution in [3.8, 4) is 0 Å². The zero-order chi connectivity index (χ0) is 14.4. The second kappa shape index (κ2) is 7.20. The molecule has 0 N–H and O–H groups in total. The van der Waals surface area contributed by atoms with E-state index in [4.69, 9.17) is 4.74 Å². The van der Waals surface area contributed by atoms with Crippen LogP contribution in [0.5, 0.6) is 0 Å². The topological polar surface area (TPSA) is 39.2 Å². The first-order chi connectivity index (χ1) is 9.70. The van der Waals surface area contributed by atoms with E-state index in [1.165, 1.54) is 27.3 Å². The maximum Gasteiger partial charge on any atom is 0.348 e. The van der Waals surface area contributed by atoms with E-state index in [-0.39, 0.29) is 5.97 Å². The number of rotatable bonds is 6. The van der Waals surface area contributed by atoms with Crippen molar-refractivity contribution in [1.29, 1.82) is 0 Å². The molecule has 0 radical (unpaired) electrons. The largest absolute Gasteiger partial charge is 0.461 e. The summed E-state index contributed by atoms with van der Waals surface area (Å²) < 4.78 is 5.32. The van der Waals surface area contributed by atoms with Crippen LogP contribution in [0.25, 0.3) is 0 Å². The van der Waals surface area contributed by atoms with Gasteiger partial charge in [0.2, 0.25) is 0 Å². The SMILES string of the molecule is CCc1sc(C(=O)OCCCc2ccncc2)cc1C. The van der Waals surface area contributed by atoms with Gasteiger partial charge in [0.05, 0.1) is 6.61 Å². The minimum Gasteiger partial charge on any atom is -0.461 e. The van der Waals surface area contributed by atoms with E-state index < -0.39 is 0 Å². The van der Waals surface area contributed by atoms with Gasteiger partial charge in [-0.3, -0.25) is 4.98 Å². The predicted molar refractivity (Wildman–Crippen MR) is 81.3 cm³/mol. The van der Waals surface area contributed by atoms with E-state index >= 15 is 0 Å². The second-order valence-electron chi connectivity index (χ2n) is 4.67. The van der Waals surface area contributed by atoms with Crippen LogP contribution in [0.3, 0.4) is 0 Å². The zero-order valence-corrected chi connectivity index (χ0v) is 12.7. The highest BCUT2D eigenvalue weighted by atomic mass is 32.1. The van der Waals surface area contributed by atoms with E-state index in [0.29, 0.717) is 11.5 Å². The Kier molecular flexibility index (Phi) is 5.30. The molecule has 0 atom stereocenters. The number of ether oxygens (including phenoxy) is 1. The monoisotopic (exact) mass is 289 g/mol. The van der Waals surface area contributed by atoms with Gasteiger partial charge in [0.15, 0.2) is 0 Å². The molecule has 0 aromatic carbocycles. The fourth-order valence-corrected chi connectivity index (χ4v) is 3.04. The summed E-state index contributed by atoms with van der Waals surface area (Å²) in [5.41, 5.74) is 2.40. The second-order valence-corrected chi connectivity index (χ2v) is 5.80. The predicted octanol–water partition coefficient (Wildman–Crippen LogP) is 3.80. The third-order valence-electron chi connectivity index (χ3n) is 3.14. The highest BCUT2D eigenvalue weighted by Gasteiger charge is 2.12. The van der Waals surface area contributed by atoms with Crippen molar-refractivity contribution in [3.63, 3.8) is 0 Å². The Morgan fingerprint density at radius 2 is 2.10 bits per heavy atom. The van der Waals surface area contributed by atoms with Crippen LogP contribution >= 0.6 is 11.3 Å². The molecule has 3 nitrogen and oxygen atoms in total. The lowest BCUT2D eigenvalue weighted by molar-refractivity contribution is 0.0506. The van der Waals surface area contributed by atoms with Crippen molar-refractivity contribution in [2.45, 2.75) is 33.1 Å². The number of carbonyl (C=O) groups excluding carboxylic acids is 1. The van der Waals surface area contributed by atoms with Crippen molar-refractivity contribution < 1.29 is 9.53 Å². The molecule has 0 spiro atoms. The van der Waals surface area contributed by atoms with Crippen LogP contribution in [-0.2, 0) is 17.6 Å². The zero-order valence-electron chi connectivity index (χ0n) is 11.9. The number of aryl methyl sites for hydroxylation is 3. The molecule has 2 aromatic rings. The van der Waals surface area contributed by atoms with E-state index in [1.807, 2.05) is 25.1 Å². The van der Waals surface area contributed by atoms with Gasteiger partial charge in [-0.25, -0.2) is 4.79 Å². The third-order valence-corrected chi connectivity index (χ3v) is 4.50. The van der Waals surface area contributed by atoms with Gasteiger partial charge in [0.25, 0.3) is 0 Å². The van der Waals surface area contributed by atoms with Crippen LogP contribution in [0.4, 0.5) is 0 Å². The van der Waals surface area contributed by atoms with Gasteiger partial charge in [0, 0.05) is 17.3 Å². The van der Waals surface area contributed by atoms with Gasteiger partial charge in [-0.05, 0) is 55.5 Å². The number of thiophene rings is 1. The fourth-order valence-electron chi connectivity index (χ4n) is 2.03. The summed E-state index contributed by atoms with van der Waals surface area (Å²) in [5.74, 6) is -0.201. The van der Waals surface area contributed by atoms with Gasteiger partial charge < -0.3 is 4.74 Å².